The van der Waals surface area contributed by atoms with Crippen molar-refractivity contribution in [1.82, 2.24) is 0 Å². The average molecular weight is 320 g/mol. The van der Waals surface area contributed by atoms with Crippen LogP contribution in [-0.2, 0) is 0 Å². The maximum atomic E-state index is 14.0. The Labute approximate surface area is 111 Å². The van der Waals surface area contributed by atoms with E-state index in [4.69, 9.17) is 5.73 Å². The summed E-state index contributed by atoms with van der Waals surface area (Å²) < 4.78 is 14.3. The van der Waals surface area contributed by atoms with Gasteiger partial charge in [0.05, 0.1) is 47.3 Å². The van der Waals surface area contributed by atoms with Crippen LogP contribution in [-0.4, -0.2) is 31.1 Å². The highest BCUT2D eigenvalue weighted by Crippen LogP contribution is 2.39. The monoisotopic (exact) mass is 319 g/mol. The number of halogens is 2. The molecule has 1 fully saturated rings. The second kappa shape index (κ2) is 5.07. The third-order valence-electron chi connectivity index (χ3n) is 2.93. The van der Waals surface area contributed by atoms with Gasteiger partial charge in [-0.15, -0.1) is 0 Å². The van der Waals surface area contributed by atoms with Gasteiger partial charge in [0, 0.05) is 0 Å². The molecule has 6 nitrogen and oxygen atoms in total. The van der Waals surface area contributed by atoms with Crippen molar-refractivity contribution in [2.24, 2.45) is 0 Å². The highest BCUT2D eigenvalue weighted by atomic mass is 79.9. The van der Waals surface area contributed by atoms with Crippen LogP contribution in [0.1, 0.15) is 0 Å². The van der Waals surface area contributed by atoms with Crippen molar-refractivity contribution in [3.63, 3.8) is 0 Å². The number of nitrogens with zero attached hydrogens (tertiary/aromatic N) is 2. The van der Waals surface area contributed by atoms with Crippen LogP contribution in [0.25, 0.3) is 0 Å². The van der Waals surface area contributed by atoms with Crippen LogP contribution >= 0.6 is 15.9 Å². The van der Waals surface area contributed by atoms with E-state index in [0.29, 0.717) is 18.8 Å². The van der Waals surface area contributed by atoms with Gasteiger partial charge < -0.3 is 16.0 Å². The van der Waals surface area contributed by atoms with Gasteiger partial charge in [0.2, 0.25) is 0 Å². The summed E-state index contributed by atoms with van der Waals surface area (Å²) in [4.78, 5) is 11.9. The quantitative estimate of drug-likeness (QED) is 0.471. The van der Waals surface area contributed by atoms with Crippen molar-refractivity contribution in [2.75, 3.05) is 36.8 Å². The molecule has 1 aliphatic heterocycles. The number of anilines is 2. The van der Waals surface area contributed by atoms with Crippen LogP contribution in [0.2, 0.25) is 0 Å². The second-order valence-electron chi connectivity index (χ2n) is 4.06. The fourth-order valence-electron chi connectivity index (χ4n) is 2.03. The number of benzene rings is 1. The predicted molar refractivity (Wildman–Crippen MR) is 69.0 cm³/mol. The Hall–Kier alpha value is -1.41. The third-order valence-corrected chi connectivity index (χ3v) is 3.73. The maximum Gasteiger partial charge on any atom is 0.296 e. The smallest absolute Gasteiger partial charge is 0.296 e. The van der Waals surface area contributed by atoms with E-state index in [0.717, 1.165) is 19.2 Å². The molecule has 1 aromatic rings. The van der Waals surface area contributed by atoms with E-state index < -0.39 is 16.4 Å². The molecule has 1 heterocycles. The van der Waals surface area contributed by atoms with Crippen molar-refractivity contribution >= 4 is 33.0 Å². The molecular formula is C10H13BrFN4O2+. The Balaban J connectivity index is 2.48. The van der Waals surface area contributed by atoms with Gasteiger partial charge in [-0.05, 0) is 15.9 Å². The largest absolute Gasteiger partial charge is 0.392 e. The summed E-state index contributed by atoms with van der Waals surface area (Å²) in [6.45, 7) is 3.10. The van der Waals surface area contributed by atoms with E-state index in [9.17, 15) is 14.5 Å². The standard InChI is InChI=1S/C10H12BrFN4O2/c11-8-9(13)7(16(17)18)5-6(12)10(8)15-3-1-14-2-4-15/h5,14H,1-4,13H2/p+1. The van der Waals surface area contributed by atoms with Gasteiger partial charge >= 0.3 is 0 Å². The number of quaternary nitrogens is 1. The number of rotatable bonds is 2. The van der Waals surface area contributed by atoms with E-state index in [-0.39, 0.29) is 10.2 Å². The minimum Gasteiger partial charge on any atom is -0.392 e. The number of nitrogen functional groups attached to an aromatic ring is 1. The SMILES string of the molecule is Nc1c([N+](=O)[O-])cc(F)c(N2CC[NH2+]CC2)c1Br. The van der Waals surface area contributed by atoms with E-state index in [1.165, 1.54) is 0 Å². The highest BCUT2D eigenvalue weighted by Gasteiger charge is 2.26. The van der Waals surface area contributed by atoms with Crippen LogP contribution in [0.3, 0.4) is 0 Å². The predicted octanol–water partition coefficient (Wildman–Crippen LogP) is 0.462. The van der Waals surface area contributed by atoms with Crippen molar-refractivity contribution in [2.45, 2.75) is 0 Å². The molecule has 0 atom stereocenters. The molecule has 1 aliphatic rings. The van der Waals surface area contributed by atoms with Gasteiger partial charge in [-0.25, -0.2) is 4.39 Å². The number of nitro groups is 1. The molecule has 0 aromatic heterocycles. The van der Waals surface area contributed by atoms with Crippen LogP contribution in [0.15, 0.2) is 10.5 Å². The van der Waals surface area contributed by atoms with Gasteiger partial charge in [0.25, 0.3) is 5.69 Å². The highest BCUT2D eigenvalue weighted by molar-refractivity contribution is 9.10. The van der Waals surface area contributed by atoms with Crippen molar-refractivity contribution in [3.8, 4) is 0 Å². The Bertz CT molecular complexity index is 491. The minimum atomic E-state index is -0.684. The molecule has 0 aliphatic carbocycles. The maximum absolute atomic E-state index is 14.0. The van der Waals surface area contributed by atoms with Crippen LogP contribution in [0, 0.1) is 15.9 Å². The summed E-state index contributed by atoms with van der Waals surface area (Å²) in [5, 5.41) is 12.9. The lowest BCUT2D eigenvalue weighted by Crippen LogP contribution is -2.89. The first-order valence-corrected chi connectivity index (χ1v) is 6.30. The van der Waals surface area contributed by atoms with E-state index >= 15 is 0 Å². The molecule has 18 heavy (non-hydrogen) atoms. The lowest BCUT2D eigenvalue weighted by Gasteiger charge is -2.28. The van der Waals surface area contributed by atoms with Gasteiger partial charge in [0.15, 0.2) is 5.82 Å². The molecule has 1 aromatic carbocycles. The lowest BCUT2D eigenvalue weighted by atomic mass is 10.2. The molecule has 0 spiro atoms. The fraction of sp³-hybridized carbons (Fsp3) is 0.400. The van der Waals surface area contributed by atoms with E-state index in [1.807, 2.05) is 4.90 Å². The molecule has 0 unspecified atom stereocenters. The van der Waals surface area contributed by atoms with Crippen LogP contribution in [0.4, 0.5) is 21.5 Å². The summed E-state index contributed by atoms with van der Waals surface area (Å²) in [6.07, 6.45) is 0. The topological polar surface area (TPSA) is 89.0 Å². The Kier molecular flexibility index (Phi) is 3.67. The summed E-state index contributed by atoms with van der Waals surface area (Å²) in [5.74, 6) is -0.621. The number of nitrogens with two attached hydrogens (primary N) is 2. The zero-order valence-electron chi connectivity index (χ0n) is 9.53. The third kappa shape index (κ3) is 2.25. The fourth-order valence-corrected chi connectivity index (χ4v) is 2.67. The molecule has 0 radical (unpaired) electrons. The normalized spacial score (nSPS) is 15.8. The number of hydrogen-bond acceptors (Lipinski definition) is 4. The van der Waals surface area contributed by atoms with Crippen LogP contribution in [0.5, 0.6) is 0 Å². The number of nitro benzene ring substituents is 1. The molecule has 8 heteroatoms. The Morgan fingerprint density at radius 3 is 2.67 bits per heavy atom. The Morgan fingerprint density at radius 2 is 2.11 bits per heavy atom. The average Bonchev–Trinajstić information content (AvgIpc) is 2.35. The van der Waals surface area contributed by atoms with Crippen LogP contribution < -0.4 is 16.0 Å². The molecule has 0 saturated carbocycles. The Morgan fingerprint density at radius 1 is 1.50 bits per heavy atom. The molecule has 2 rings (SSSR count). The molecule has 0 amide bonds. The molecule has 1 saturated heterocycles. The first-order chi connectivity index (χ1) is 8.52. The van der Waals surface area contributed by atoms with E-state index in [1.54, 1.807) is 0 Å². The summed E-state index contributed by atoms with van der Waals surface area (Å²) in [5.41, 5.74) is 5.53. The zero-order valence-corrected chi connectivity index (χ0v) is 11.1. The second-order valence-corrected chi connectivity index (χ2v) is 4.86. The van der Waals surface area contributed by atoms with Gasteiger partial charge in [-0.2, -0.15) is 0 Å². The molecule has 4 N–H and O–H groups in total. The van der Waals surface area contributed by atoms with Crippen molar-refractivity contribution < 1.29 is 14.6 Å². The van der Waals surface area contributed by atoms with Gasteiger partial charge in [-0.3, -0.25) is 10.1 Å². The van der Waals surface area contributed by atoms with Crippen molar-refractivity contribution in [1.29, 1.82) is 0 Å². The summed E-state index contributed by atoms with van der Waals surface area (Å²) in [6, 6.07) is 0.883. The lowest BCUT2D eigenvalue weighted by molar-refractivity contribution is -0.655. The molecular weight excluding hydrogens is 307 g/mol. The minimum absolute atomic E-state index is 0.0362. The van der Waals surface area contributed by atoms with Gasteiger partial charge in [0.1, 0.15) is 5.69 Å². The summed E-state index contributed by atoms with van der Waals surface area (Å²) >= 11 is 3.16. The van der Waals surface area contributed by atoms with Gasteiger partial charge in [-0.1, -0.05) is 0 Å². The van der Waals surface area contributed by atoms with Crippen molar-refractivity contribution in [3.05, 3.63) is 26.5 Å². The van der Waals surface area contributed by atoms with E-state index in [2.05, 4.69) is 21.2 Å². The number of hydrogen-bond donors (Lipinski definition) is 2. The zero-order chi connectivity index (χ0) is 13.3. The molecule has 98 valence electrons. The number of piperazine rings is 1. The molecule has 0 bridgehead atoms. The first kappa shape index (κ1) is 13.0. The first-order valence-electron chi connectivity index (χ1n) is 5.51. The summed E-state index contributed by atoms with van der Waals surface area (Å²) in [7, 11) is 0.